The predicted molar refractivity (Wildman–Crippen MR) is 52.1 cm³/mol. The predicted octanol–water partition coefficient (Wildman–Crippen LogP) is 1.51. The molecular formula is C10H6N2O2. The number of hydrogen-bond donors (Lipinski definition) is 0. The third kappa shape index (κ3) is 1.50. The van der Waals surface area contributed by atoms with Crippen LogP contribution in [0.3, 0.4) is 0 Å². The molecule has 1 aliphatic heterocycles. The Morgan fingerprint density at radius 3 is 2.43 bits per heavy atom. The first kappa shape index (κ1) is 8.50. The first-order chi connectivity index (χ1) is 6.77. The van der Waals surface area contributed by atoms with Gasteiger partial charge in [0.05, 0.1) is 6.21 Å². The highest BCUT2D eigenvalue weighted by molar-refractivity contribution is 6.67. The number of benzene rings is 1. The van der Waals surface area contributed by atoms with E-state index in [1.54, 1.807) is 24.3 Å². The van der Waals surface area contributed by atoms with E-state index < -0.39 is 6.03 Å². The molecule has 2 rings (SSSR count). The molecule has 0 N–H and O–H groups in total. The van der Waals surface area contributed by atoms with Gasteiger partial charge in [-0.3, -0.25) is 4.79 Å². The molecule has 0 spiro atoms. The van der Waals surface area contributed by atoms with Gasteiger partial charge in [0.1, 0.15) is 5.71 Å². The van der Waals surface area contributed by atoms with Crippen LogP contribution in [-0.4, -0.2) is 23.7 Å². The molecule has 1 aromatic carbocycles. The zero-order chi connectivity index (χ0) is 9.97. The molecule has 1 aromatic rings. The molecule has 1 aliphatic rings. The zero-order valence-corrected chi connectivity index (χ0v) is 7.18. The van der Waals surface area contributed by atoms with Gasteiger partial charge in [-0.05, 0) is 0 Å². The molecule has 0 fully saturated rings. The van der Waals surface area contributed by atoms with Gasteiger partial charge in [-0.2, -0.15) is 9.98 Å². The largest absolute Gasteiger partial charge is 0.367 e. The summed E-state index contributed by atoms with van der Waals surface area (Å²) in [6, 6.07) is 8.03. The third-order valence-electron chi connectivity index (χ3n) is 1.78. The Kier molecular flexibility index (Phi) is 2.02. The van der Waals surface area contributed by atoms with Crippen molar-refractivity contribution in [2.75, 3.05) is 0 Å². The minimum atomic E-state index is -0.621. The Morgan fingerprint density at radius 1 is 1.14 bits per heavy atom. The Morgan fingerprint density at radius 2 is 1.86 bits per heavy atom. The summed E-state index contributed by atoms with van der Waals surface area (Å²) in [5, 5.41) is 0. The lowest BCUT2D eigenvalue weighted by Crippen LogP contribution is -2.13. The number of urea groups is 1. The van der Waals surface area contributed by atoms with Gasteiger partial charge in [-0.1, -0.05) is 30.3 Å². The van der Waals surface area contributed by atoms with Crippen LogP contribution in [0.25, 0.3) is 0 Å². The summed E-state index contributed by atoms with van der Waals surface area (Å²) >= 11 is 0. The molecular weight excluding hydrogens is 180 g/mol. The molecule has 0 unspecified atom stereocenters. The van der Waals surface area contributed by atoms with Crippen molar-refractivity contribution in [3.63, 3.8) is 0 Å². The van der Waals surface area contributed by atoms with E-state index in [2.05, 4.69) is 9.98 Å². The molecule has 0 atom stereocenters. The standard InChI is InChI=1S/C10H6N2O2/c13-9(7-4-2-1-3-5-7)8-6-11-10(14)12-8/h1-6H. The van der Waals surface area contributed by atoms with E-state index in [0.717, 1.165) is 0 Å². The number of hydrogen-bond acceptors (Lipinski definition) is 2. The first-order valence-electron chi connectivity index (χ1n) is 4.04. The lowest BCUT2D eigenvalue weighted by molar-refractivity contribution is 0.106. The van der Waals surface area contributed by atoms with Gasteiger partial charge in [-0.25, -0.2) is 4.79 Å². The van der Waals surface area contributed by atoms with Crippen molar-refractivity contribution in [3.05, 3.63) is 35.9 Å². The van der Waals surface area contributed by atoms with Crippen molar-refractivity contribution >= 4 is 23.7 Å². The lowest BCUT2D eigenvalue weighted by Gasteiger charge is -1.95. The zero-order valence-electron chi connectivity index (χ0n) is 7.18. The molecule has 0 aromatic heterocycles. The molecule has 0 saturated carbocycles. The Bertz CT molecular complexity index is 446. The van der Waals surface area contributed by atoms with Gasteiger partial charge in [-0.15, -0.1) is 0 Å². The molecule has 0 saturated heterocycles. The molecule has 68 valence electrons. The van der Waals surface area contributed by atoms with Crippen molar-refractivity contribution in [1.82, 2.24) is 0 Å². The maximum absolute atomic E-state index is 11.6. The smallest absolute Gasteiger partial charge is 0.287 e. The lowest BCUT2D eigenvalue weighted by atomic mass is 10.1. The molecule has 0 aliphatic carbocycles. The number of aliphatic imine (C=N–C) groups is 2. The van der Waals surface area contributed by atoms with Gasteiger partial charge in [0, 0.05) is 5.56 Å². The highest BCUT2D eigenvalue weighted by atomic mass is 16.2. The van der Waals surface area contributed by atoms with Crippen molar-refractivity contribution in [3.8, 4) is 0 Å². The number of nitrogens with zero attached hydrogens (tertiary/aromatic N) is 2. The van der Waals surface area contributed by atoms with Crippen LogP contribution in [0.2, 0.25) is 0 Å². The second kappa shape index (κ2) is 3.33. The molecule has 14 heavy (non-hydrogen) atoms. The van der Waals surface area contributed by atoms with E-state index in [9.17, 15) is 9.59 Å². The highest BCUT2D eigenvalue weighted by Gasteiger charge is 2.17. The van der Waals surface area contributed by atoms with Crippen LogP contribution >= 0.6 is 0 Å². The molecule has 1 heterocycles. The van der Waals surface area contributed by atoms with Crippen LogP contribution in [0.4, 0.5) is 4.79 Å². The van der Waals surface area contributed by atoms with Gasteiger partial charge < -0.3 is 0 Å². The average molecular weight is 186 g/mol. The Balaban J connectivity index is 2.31. The molecule has 4 heteroatoms. The topological polar surface area (TPSA) is 58.9 Å². The van der Waals surface area contributed by atoms with Crippen LogP contribution in [0.5, 0.6) is 0 Å². The van der Waals surface area contributed by atoms with Gasteiger partial charge in [0.25, 0.3) is 0 Å². The minimum Gasteiger partial charge on any atom is -0.287 e. The van der Waals surface area contributed by atoms with Crippen LogP contribution in [-0.2, 0) is 0 Å². The number of Topliss-reactive ketones (excluding diaryl/α,β-unsaturated/α-hetero) is 1. The fourth-order valence-corrected chi connectivity index (χ4v) is 1.12. The Hall–Kier alpha value is -2.10. The summed E-state index contributed by atoms with van der Waals surface area (Å²) in [6.45, 7) is 0. The Labute approximate surface area is 80.0 Å². The quantitative estimate of drug-likeness (QED) is 0.657. The van der Waals surface area contributed by atoms with E-state index in [0.29, 0.717) is 5.56 Å². The fourth-order valence-electron chi connectivity index (χ4n) is 1.12. The van der Waals surface area contributed by atoms with E-state index in [1.807, 2.05) is 6.07 Å². The number of amides is 2. The highest BCUT2D eigenvalue weighted by Crippen LogP contribution is 2.04. The molecule has 0 bridgehead atoms. The van der Waals surface area contributed by atoms with Crippen molar-refractivity contribution in [1.29, 1.82) is 0 Å². The SMILES string of the molecule is O=C1N=CC(C(=O)c2ccccc2)=N1. The maximum Gasteiger partial charge on any atom is 0.367 e. The summed E-state index contributed by atoms with van der Waals surface area (Å²) in [6.07, 6.45) is 1.19. The van der Waals surface area contributed by atoms with E-state index in [1.165, 1.54) is 6.21 Å². The van der Waals surface area contributed by atoms with E-state index >= 15 is 0 Å². The summed E-state index contributed by atoms with van der Waals surface area (Å²) in [4.78, 5) is 29.1. The molecule has 2 amide bonds. The van der Waals surface area contributed by atoms with Crippen molar-refractivity contribution < 1.29 is 9.59 Å². The second-order valence-electron chi connectivity index (χ2n) is 2.73. The van der Waals surface area contributed by atoms with Crippen molar-refractivity contribution in [2.24, 2.45) is 9.98 Å². The van der Waals surface area contributed by atoms with Crippen LogP contribution in [0.1, 0.15) is 10.4 Å². The summed E-state index contributed by atoms with van der Waals surface area (Å²) in [7, 11) is 0. The minimum absolute atomic E-state index is 0.0983. The van der Waals surface area contributed by atoms with E-state index in [-0.39, 0.29) is 11.5 Å². The third-order valence-corrected chi connectivity index (χ3v) is 1.78. The summed E-state index contributed by atoms with van der Waals surface area (Å²) < 4.78 is 0. The van der Waals surface area contributed by atoms with Gasteiger partial charge in [0.15, 0.2) is 0 Å². The summed E-state index contributed by atoms with van der Waals surface area (Å²) in [5.41, 5.74) is 0.605. The number of carbonyl (C=O) groups is 2. The molecule has 4 nitrogen and oxygen atoms in total. The summed E-state index contributed by atoms with van der Waals surface area (Å²) in [5.74, 6) is -0.278. The van der Waals surface area contributed by atoms with Crippen molar-refractivity contribution in [2.45, 2.75) is 0 Å². The first-order valence-corrected chi connectivity index (χ1v) is 4.04. The maximum atomic E-state index is 11.6. The van der Waals surface area contributed by atoms with Crippen LogP contribution < -0.4 is 0 Å². The average Bonchev–Trinajstić information content (AvgIpc) is 2.65. The number of rotatable bonds is 2. The molecule has 0 radical (unpaired) electrons. The fraction of sp³-hybridized carbons (Fsp3) is 0. The number of carbonyl (C=O) groups excluding carboxylic acids is 2. The van der Waals surface area contributed by atoms with E-state index in [4.69, 9.17) is 0 Å². The van der Waals surface area contributed by atoms with Gasteiger partial charge >= 0.3 is 6.03 Å². The van der Waals surface area contributed by atoms with Crippen LogP contribution in [0, 0.1) is 0 Å². The normalized spacial score (nSPS) is 14.3. The second-order valence-corrected chi connectivity index (χ2v) is 2.73. The van der Waals surface area contributed by atoms with Gasteiger partial charge in [0.2, 0.25) is 5.78 Å². The van der Waals surface area contributed by atoms with Crippen LogP contribution in [0.15, 0.2) is 40.3 Å². The number of ketones is 1. The monoisotopic (exact) mass is 186 g/mol.